The number of aliphatic imine (C=N–C) groups is 1. The van der Waals surface area contributed by atoms with E-state index in [0.29, 0.717) is 23.0 Å². The third kappa shape index (κ3) is 4.85. The van der Waals surface area contributed by atoms with E-state index in [4.69, 9.17) is 10.5 Å². The van der Waals surface area contributed by atoms with Crippen LogP contribution in [0.15, 0.2) is 65.5 Å². The number of rotatable bonds is 7. The van der Waals surface area contributed by atoms with Gasteiger partial charge >= 0.3 is 0 Å². The summed E-state index contributed by atoms with van der Waals surface area (Å²) < 4.78 is 6.92. The van der Waals surface area contributed by atoms with Crippen LogP contribution in [0.5, 0.6) is 0 Å². The van der Waals surface area contributed by atoms with Crippen molar-refractivity contribution in [2.75, 3.05) is 12.4 Å². The summed E-state index contributed by atoms with van der Waals surface area (Å²) in [5.41, 5.74) is 7.04. The number of anilines is 1. The van der Waals surface area contributed by atoms with Gasteiger partial charge in [-0.1, -0.05) is 6.07 Å². The zero-order chi connectivity index (χ0) is 21.5. The average molecular weight is 406 g/mol. The lowest BCUT2D eigenvalue weighted by Crippen LogP contribution is -2.21. The molecule has 0 fully saturated rings. The molecule has 1 amide bonds. The van der Waals surface area contributed by atoms with Gasteiger partial charge in [0.1, 0.15) is 23.4 Å². The summed E-state index contributed by atoms with van der Waals surface area (Å²) in [5, 5.41) is 10.8. The van der Waals surface area contributed by atoms with Gasteiger partial charge in [-0.05, 0) is 38.1 Å². The van der Waals surface area contributed by atoms with Crippen LogP contribution in [0.4, 0.5) is 11.5 Å². The molecule has 30 heavy (non-hydrogen) atoms. The standard InChI is InChI=1S/C20H22N8O2/c1-13(2)28-12-24-27-19(28)16-7-4-8-17(25-16)26-20(29)15(18(21)30-3)11-23-14-6-5-9-22-10-14/h4-13H,21H2,1-3H3,(H,25,26,29). The summed E-state index contributed by atoms with van der Waals surface area (Å²) in [6.45, 7) is 4.04. The molecule has 0 bridgehead atoms. The largest absolute Gasteiger partial charge is 0.482 e. The lowest BCUT2D eigenvalue weighted by atomic mass is 10.2. The highest BCUT2D eigenvalue weighted by Crippen LogP contribution is 2.20. The van der Waals surface area contributed by atoms with Crippen molar-refractivity contribution in [3.63, 3.8) is 0 Å². The molecule has 3 rings (SSSR count). The van der Waals surface area contributed by atoms with Crippen LogP contribution < -0.4 is 11.1 Å². The molecular weight excluding hydrogens is 384 g/mol. The Morgan fingerprint density at radius 2 is 2.13 bits per heavy atom. The lowest BCUT2D eigenvalue weighted by Gasteiger charge is -2.11. The van der Waals surface area contributed by atoms with E-state index in [0.717, 1.165) is 0 Å². The summed E-state index contributed by atoms with van der Waals surface area (Å²) in [6, 6.07) is 8.87. The molecule has 3 aromatic rings. The van der Waals surface area contributed by atoms with Crippen LogP contribution in [0.25, 0.3) is 11.5 Å². The van der Waals surface area contributed by atoms with Crippen LogP contribution in [-0.4, -0.2) is 44.0 Å². The smallest absolute Gasteiger partial charge is 0.263 e. The van der Waals surface area contributed by atoms with Crippen molar-refractivity contribution >= 4 is 23.6 Å². The van der Waals surface area contributed by atoms with Gasteiger partial charge < -0.3 is 20.4 Å². The Kier molecular flexibility index (Phi) is 6.48. The Balaban J connectivity index is 1.84. The fraction of sp³-hybridized carbons (Fsp3) is 0.200. The van der Waals surface area contributed by atoms with E-state index in [1.54, 1.807) is 49.1 Å². The molecule has 0 aromatic carbocycles. The Morgan fingerprint density at radius 1 is 1.30 bits per heavy atom. The minimum absolute atomic E-state index is 0.0545. The number of methoxy groups -OCH3 is 1. The number of aromatic nitrogens is 5. The zero-order valence-electron chi connectivity index (χ0n) is 16.9. The second-order valence-corrected chi connectivity index (χ2v) is 6.47. The van der Waals surface area contributed by atoms with Crippen molar-refractivity contribution in [1.29, 1.82) is 0 Å². The van der Waals surface area contributed by atoms with E-state index in [1.807, 2.05) is 18.4 Å². The fourth-order valence-electron chi connectivity index (χ4n) is 2.53. The molecule has 0 unspecified atom stereocenters. The minimum atomic E-state index is -0.517. The Bertz CT molecular complexity index is 1070. The number of nitrogens with one attached hydrogen (secondary N) is 1. The highest BCUT2D eigenvalue weighted by atomic mass is 16.5. The predicted molar refractivity (Wildman–Crippen MR) is 113 cm³/mol. The fourth-order valence-corrected chi connectivity index (χ4v) is 2.53. The molecule has 3 N–H and O–H groups in total. The van der Waals surface area contributed by atoms with E-state index < -0.39 is 5.91 Å². The number of ether oxygens (including phenoxy) is 1. The third-order valence-corrected chi connectivity index (χ3v) is 4.07. The summed E-state index contributed by atoms with van der Waals surface area (Å²) in [5.74, 6) is 0.339. The highest BCUT2D eigenvalue weighted by Gasteiger charge is 2.16. The van der Waals surface area contributed by atoms with Crippen LogP contribution in [-0.2, 0) is 9.53 Å². The van der Waals surface area contributed by atoms with Gasteiger partial charge in [0.2, 0.25) is 0 Å². The first-order valence-corrected chi connectivity index (χ1v) is 9.15. The molecule has 0 aliphatic heterocycles. The average Bonchev–Trinajstić information content (AvgIpc) is 3.25. The first-order chi connectivity index (χ1) is 14.5. The number of hydrogen-bond donors (Lipinski definition) is 2. The van der Waals surface area contributed by atoms with Crippen LogP contribution in [0, 0.1) is 0 Å². The topological polar surface area (TPSA) is 133 Å². The maximum atomic E-state index is 12.8. The summed E-state index contributed by atoms with van der Waals surface area (Å²) >= 11 is 0. The second kappa shape index (κ2) is 9.41. The van der Waals surface area contributed by atoms with Crippen molar-refractivity contribution in [3.8, 4) is 11.5 Å². The van der Waals surface area contributed by atoms with E-state index in [-0.39, 0.29) is 17.5 Å². The number of nitrogens with zero attached hydrogens (tertiary/aromatic N) is 6. The quantitative estimate of drug-likeness (QED) is 0.350. The number of pyridine rings is 2. The van der Waals surface area contributed by atoms with E-state index in [2.05, 4.69) is 30.5 Å². The minimum Gasteiger partial charge on any atom is -0.482 e. The van der Waals surface area contributed by atoms with Gasteiger partial charge in [-0.15, -0.1) is 10.2 Å². The lowest BCUT2D eigenvalue weighted by molar-refractivity contribution is -0.112. The molecule has 3 aromatic heterocycles. The summed E-state index contributed by atoms with van der Waals surface area (Å²) in [7, 11) is 1.37. The zero-order valence-corrected chi connectivity index (χ0v) is 16.9. The molecule has 0 atom stereocenters. The van der Waals surface area contributed by atoms with Gasteiger partial charge in [0, 0.05) is 18.5 Å². The second-order valence-electron chi connectivity index (χ2n) is 6.47. The maximum Gasteiger partial charge on any atom is 0.263 e. The van der Waals surface area contributed by atoms with Gasteiger partial charge in [-0.25, -0.2) is 4.98 Å². The first kappa shape index (κ1) is 20.6. The molecule has 10 heteroatoms. The number of hydrogen-bond acceptors (Lipinski definition) is 8. The van der Waals surface area contributed by atoms with Crippen molar-refractivity contribution in [3.05, 3.63) is 60.5 Å². The van der Waals surface area contributed by atoms with Gasteiger partial charge in [0.15, 0.2) is 11.7 Å². The Labute approximate surface area is 173 Å². The molecule has 0 aliphatic carbocycles. The van der Waals surface area contributed by atoms with E-state index in [1.165, 1.54) is 13.3 Å². The molecule has 10 nitrogen and oxygen atoms in total. The molecule has 0 saturated heterocycles. The molecule has 3 heterocycles. The Hall–Kier alpha value is -4.08. The highest BCUT2D eigenvalue weighted by molar-refractivity contribution is 6.18. The van der Waals surface area contributed by atoms with Gasteiger partial charge in [-0.3, -0.25) is 14.8 Å². The molecule has 0 aliphatic rings. The monoisotopic (exact) mass is 406 g/mol. The van der Waals surface area contributed by atoms with E-state index >= 15 is 0 Å². The van der Waals surface area contributed by atoms with Crippen LogP contribution >= 0.6 is 0 Å². The van der Waals surface area contributed by atoms with E-state index in [9.17, 15) is 4.79 Å². The van der Waals surface area contributed by atoms with Crippen LogP contribution in [0.2, 0.25) is 0 Å². The molecule has 154 valence electrons. The van der Waals surface area contributed by atoms with Crippen molar-refractivity contribution in [1.82, 2.24) is 24.7 Å². The molecule has 0 spiro atoms. The van der Waals surface area contributed by atoms with Gasteiger partial charge in [-0.2, -0.15) is 0 Å². The summed E-state index contributed by atoms with van der Waals surface area (Å²) in [6.07, 6.45) is 6.15. The third-order valence-electron chi connectivity index (χ3n) is 4.07. The number of amides is 1. The van der Waals surface area contributed by atoms with Gasteiger partial charge in [0.05, 0.1) is 19.0 Å². The number of nitrogens with two attached hydrogens (primary N) is 1. The SMILES string of the molecule is COC(N)=C(C=Nc1cccnc1)C(=O)Nc1cccc(-c2nncn2C(C)C)n1. The first-order valence-electron chi connectivity index (χ1n) is 9.15. The molecule has 0 saturated carbocycles. The van der Waals surface area contributed by atoms with Crippen LogP contribution in [0.1, 0.15) is 19.9 Å². The van der Waals surface area contributed by atoms with Gasteiger partial charge in [0.25, 0.3) is 5.91 Å². The van der Waals surface area contributed by atoms with Crippen molar-refractivity contribution in [2.24, 2.45) is 10.7 Å². The molecular formula is C20H22N8O2. The predicted octanol–water partition coefficient (Wildman–Crippen LogP) is 2.47. The van der Waals surface area contributed by atoms with Crippen LogP contribution in [0.3, 0.4) is 0 Å². The number of carbonyl (C=O) groups is 1. The molecule has 0 radical (unpaired) electrons. The Morgan fingerprint density at radius 3 is 2.83 bits per heavy atom. The number of carbonyl (C=O) groups excluding carboxylic acids is 1. The normalized spacial score (nSPS) is 12.1. The van der Waals surface area contributed by atoms with Crippen molar-refractivity contribution < 1.29 is 9.53 Å². The maximum absolute atomic E-state index is 12.8. The van der Waals surface area contributed by atoms with Crippen molar-refractivity contribution in [2.45, 2.75) is 19.9 Å². The summed E-state index contributed by atoms with van der Waals surface area (Å²) in [4.78, 5) is 25.5.